The maximum atomic E-state index is 12.2. The zero-order valence-corrected chi connectivity index (χ0v) is 14.3. The summed E-state index contributed by atoms with van der Waals surface area (Å²) in [5, 5.41) is 2.01. The van der Waals surface area contributed by atoms with E-state index in [0.29, 0.717) is 17.9 Å². The Balaban J connectivity index is 1.55. The van der Waals surface area contributed by atoms with Gasteiger partial charge in [-0.1, -0.05) is 12.1 Å². The quantitative estimate of drug-likeness (QED) is 0.496. The Kier molecular flexibility index (Phi) is 5.33. The molecule has 0 fully saturated rings. The van der Waals surface area contributed by atoms with Crippen molar-refractivity contribution >= 4 is 17.3 Å². The van der Waals surface area contributed by atoms with Crippen molar-refractivity contribution < 1.29 is 9.53 Å². The number of ether oxygens (including phenoxy) is 1. The van der Waals surface area contributed by atoms with Crippen LogP contribution in [-0.4, -0.2) is 22.5 Å². The Labute approximate surface area is 145 Å². The van der Waals surface area contributed by atoms with Crippen LogP contribution in [0.3, 0.4) is 0 Å². The van der Waals surface area contributed by atoms with E-state index in [0.717, 1.165) is 29.0 Å². The summed E-state index contributed by atoms with van der Waals surface area (Å²) in [6.07, 6.45) is 5.20. The molecule has 0 bridgehead atoms. The number of hydrogen-bond acceptors (Lipinski definition) is 5. The lowest BCUT2D eigenvalue weighted by molar-refractivity contribution is 0.0499. The molecule has 4 nitrogen and oxygen atoms in total. The van der Waals surface area contributed by atoms with Gasteiger partial charge in [-0.15, -0.1) is 11.3 Å². The highest BCUT2D eigenvalue weighted by atomic mass is 32.1. The van der Waals surface area contributed by atoms with Crippen molar-refractivity contribution in [1.29, 1.82) is 0 Å². The van der Waals surface area contributed by atoms with Crippen LogP contribution in [-0.2, 0) is 11.2 Å². The second-order valence-electron chi connectivity index (χ2n) is 5.41. The standard InChI is InChI=1S/C19H18N2O2S/c1-14-16(8-9-17(21-14)18-7-4-12-24-18)19(22)23-11-3-6-15-5-2-10-20-13-15/h2,4-5,7-10,12-13H,3,6,11H2,1H3. The highest BCUT2D eigenvalue weighted by molar-refractivity contribution is 7.13. The molecule has 0 amide bonds. The topological polar surface area (TPSA) is 52.1 Å². The lowest BCUT2D eigenvalue weighted by Gasteiger charge is -2.08. The zero-order chi connectivity index (χ0) is 16.8. The molecule has 0 unspecified atom stereocenters. The number of carbonyl (C=O) groups is 1. The molecule has 0 N–H and O–H groups in total. The minimum Gasteiger partial charge on any atom is -0.462 e. The SMILES string of the molecule is Cc1nc(-c2cccs2)ccc1C(=O)OCCCc1cccnc1. The first-order valence-corrected chi connectivity index (χ1v) is 8.69. The van der Waals surface area contributed by atoms with Crippen LogP contribution < -0.4 is 0 Å². The minimum atomic E-state index is -0.316. The van der Waals surface area contributed by atoms with E-state index in [1.165, 1.54) is 0 Å². The number of pyridine rings is 2. The van der Waals surface area contributed by atoms with Gasteiger partial charge >= 0.3 is 5.97 Å². The molecule has 3 aromatic rings. The van der Waals surface area contributed by atoms with Crippen LogP contribution in [0.25, 0.3) is 10.6 Å². The van der Waals surface area contributed by atoms with E-state index in [9.17, 15) is 4.79 Å². The van der Waals surface area contributed by atoms with Crippen molar-refractivity contribution in [2.75, 3.05) is 6.61 Å². The molecule has 3 aromatic heterocycles. The van der Waals surface area contributed by atoms with Crippen molar-refractivity contribution in [3.05, 3.63) is 71.0 Å². The van der Waals surface area contributed by atoms with Crippen LogP contribution in [0.15, 0.2) is 54.2 Å². The molecule has 0 aromatic carbocycles. The molecular formula is C19H18N2O2S. The molecule has 3 rings (SSSR count). The van der Waals surface area contributed by atoms with Crippen LogP contribution in [0, 0.1) is 6.92 Å². The summed E-state index contributed by atoms with van der Waals surface area (Å²) < 4.78 is 5.36. The maximum absolute atomic E-state index is 12.2. The van der Waals surface area contributed by atoms with Gasteiger partial charge in [-0.05, 0) is 55.0 Å². The summed E-state index contributed by atoms with van der Waals surface area (Å²) in [6.45, 7) is 2.23. The number of esters is 1. The molecule has 0 spiro atoms. The number of nitrogens with zero attached hydrogens (tertiary/aromatic N) is 2. The molecule has 3 heterocycles. The lowest BCUT2D eigenvalue weighted by Crippen LogP contribution is -2.10. The summed E-state index contributed by atoms with van der Waals surface area (Å²) in [7, 11) is 0. The average molecular weight is 338 g/mol. The average Bonchev–Trinajstić information content (AvgIpc) is 3.14. The van der Waals surface area contributed by atoms with Crippen molar-refractivity contribution in [1.82, 2.24) is 9.97 Å². The van der Waals surface area contributed by atoms with Gasteiger partial charge in [-0.2, -0.15) is 0 Å². The Bertz CT molecular complexity index is 801. The summed E-state index contributed by atoms with van der Waals surface area (Å²) >= 11 is 1.63. The molecule has 122 valence electrons. The van der Waals surface area contributed by atoms with Crippen LogP contribution in [0.4, 0.5) is 0 Å². The van der Waals surface area contributed by atoms with E-state index >= 15 is 0 Å². The number of thiophene rings is 1. The summed E-state index contributed by atoms with van der Waals surface area (Å²) in [4.78, 5) is 21.9. The van der Waals surface area contributed by atoms with E-state index in [4.69, 9.17) is 4.74 Å². The largest absolute Gasteiger partial charge is 0.462 e. The maximum Gasteiger partial charge on any atom is 0.339 e. The van der Waals surface area contributed by atoms with Gasteiger partial charge in [0.05, 0.1) is 28.4 Å². The predicted molar refractivity (Wildman–Crippen MR) is 95.1 cm³/mol. The van der Waals surface area contributed by atoms with Crippen molar-refractivity contribution in [3.8, 4) is 10.6 Å². The van der Waals surface area contributed by atoms with E-state index in [2.05, 4.69) is 9.97 Å². The zero-order valence-electron chi connectivity index (χ0n) is 13.4. The van der Waals surface area contributed by atoms with Crippen LogP contribution in [0.1, 0.15) is 28.0 Å². The summed E-state index contributed by atoms with van der Waals surface area (Å²) in [5.41, 5.74) is 3.25. The second kappa shape index (κ2) is 7.84. The molecule has 0 saturated carbocycles. The predicted octanol–water partition coefficient (Wildman–Crippen LogP) is 4.30. The minimum absolute atomic E-state index is 0.316. The molecule has 0 radical (unpaired) electrons. The third kappa shape index (κ3) is 4.06. The van der Waals surface area contributed by atoms with Gasteiger partial charge < -0.3 is 4.74 Å². The van der Waals surface area contributed by atoms with Gasteiger partial charge in [0, 0.05) is 12.4 Å². The molecule has 5 heteroatoms. The number of aromatic nitrogens is 2. The van der Waals surface area contributed by atoms with E-state index in [1.807, 2.05) is 48.8 Å². The number of aryl methyl sites for hydroxylation is 2. The number of hydrogen-bond donors (Lipinski definition) is 0. The van der Waals surface area contributed by atoms with Gasteiger partial charge in [0.1, 0.15) is 0 Å². The fourth-order valence-electron chi connectivity index (χ4n) is 2.40. The Morgan fingerprint density at radius 1 is 1.21 bits per heavy atom. The van der Waals surface area contributed by atoms with Gasteiger partial charge in [0.15, 0.2) is 0 Å². The summed E-state index contributed by atoms with van der Waals surface area (Å²) in [6, 6.07) is 11.6. The van der Waals surface area contributed by atoms with Crippen molar-refractivity contribution in [2.45, 2.75) is 19.8 Å². The normalized spacial score (nSPS) is 10.5. The Morgan fingerprint density at radius 2 is 2.12 bits per heavy atom. The highest BCUT2D eigenvalue weighted by Crippen LogP contribution is 2.24. The van der Waals surface area contributed by atoms with Crippen LogP contribution in [0.2, 0.25) is 0 Å². The number of carbonyl (C=O) groups excluding carboxylic acids is 1. The molecule has 0 aliphatic rings. The fourth-order valence-corrected chi connectivity index (χ4v) is 3.10. The van der Waals surface area contributed by atoms with Crippen molar-refractivity contribution in [3.63, 3.8) is 0 Å². The van der Waals surface area contributed by atoms with Gasteiger partial charge in [0.2, 0.25) is 0 Å². The summed E-state index contributed by atoms with van der Waals surface area (Å²) in [5.74, 6) is -0.316. The second-order valence-corrected chi connectivity index (χ2v) is 6.36. The molecule has 0 atom stereocenters. The third-order valence-corrected chi connectivity index (χ3v) is 4.54. The molecule has 24 heavy (non-hydrogen) atoms. The van der Waals surface area contributed by atoms with Crippen LogP contribution in [0.5, 0.6) is 0 Å². The Morgan fingerprint density at radius 3 is 2.83 bits per heavy atom. The molecule has 0 aliphatic carbocycles. The first-order valence-electron chi connectivity index (χ1n) is 7.81. The van der Waals surface area contributed by atoms with E-state index < -0.39 is 0 Å². The molecule has 0 saturated heterocycles. The van der Waals surface area contributed by atoms with Crippen LogP contribution >= 0.6 is 11.3 Å². The molecular weight excluding hydrogens is 320 g/mol. The van der Waals surface area contributed by atoms with Gasteiger partial charge in [-0.3, -0.25) is 9.97 Å². The first kappa shape index (κ1) is 16.3. The van der Waals surface area contributed by atoms with Crippen molar-refractivity contribution in [2.24, 2.45) is 0 Å². The van der Waals surface area contributed by atoms with Gasteiger partial charge in [-0.25, -0.2) is 4.79 Å². The number of rotatable bonds is 6. The monoisotopic (exact) mass is 338 g/mol. The molecule has 0 aliphatic heterocycles. The van der Waals surface area contributed by atoms with Gasteiger partial charge in [0.25, 0.3) is 0 Å². The van der Waals surface area contributed by atoms with E-state index in [1.54, 1.807) is 23.6 Å². The fraction of sp³-hybridized carbons (Fsp3) is 0.211. The van der Waals surface area contributed by atoms with E-state index in [-0.39, 0.29) is 5.97 Å². The highest BCUT2D eigenvalue weighted by Gasteiger charge is 2.13. The smallest absolute Gasteiger partial charge is 0.339 e. The third-order valence-electron chi connectivity index (χ3n) is 3.65. The lowest BCUT2D eigenvalue weighted by atomic mass is 10.1. The Hall–Kier alpha value is -2.53. The first-order chi connectivity index (χ1) is 11.7.